The third-order valence-corrected chi connectivity index (χ3v) is 5.08. The van der Waals surface area contributed by atoms with Gasteiger partial charge in [0, 0.05) is 24.1 Å². The lowest BCUT2D eigenvalue weighted by molar-refractivity contribution is -0.116. The average Bonchev–Trinajstić information content (AvgIpc) is 3.10. The first-order chi connectivity index (χ1) is 10.2. The number of nitrogens with one attached hydrogen (secondary N) is 1. The molecule has 0 atom stereocenters. The van der Waals surface area contributed by atoms with Gasteiger partial charge in [0.2, 0.25) is 5.91 Å². The van der Waals surface area contributed by atoms with Crippen LogP contribution in [0.3, 0.4) is 0 Å². The first kappa shape index (κ1) is 14.4. The van der Waals surface area contributed by atoms with Crippen molar-refractivity contribution in [3.8, 4) is 0 Å². The maximum absolute atomic E-state index is 12.0. The Labute approximate surface area is 129 Å². The van der Waals surface area contributed by atoms with Crippen molar-refractivity contribution < 1.29 is 9.21 Å². The Kier molecular flexibility index (Phi) is 4.44. The summed E-state index contributed by atoms with van der Waals surface area (Å²) in [5.41, 5.74) is 1.43. The van der Waals surface area contributed by atoms with Crippen LogP contribution in [0.4, 0.5) is 5.00 Å². The second kappa shape index (κ2) is 6.48. The Morgan fingerprint density at radius 1 is 1.29 bits per heavy atom. The number of carbonyl (C=O) groups is 1. The number of carbonyl (C=O) groups excluding carboxylic acids is 1. The Hall–Kier alpha value is -1.55. The van der Waals surface area contributed by atoms with E-state index in [1.807, 2.05) is 12.1 Å². The topological polar surface area (TPSA) is 42.2 Å². The van der Waals surface area contributed by atoms with Gasteiger partial charge in [0.1, 0.15) is 11.5 Å². The number of hydrogen-bond acceptors (Lipinski definition) is 3. The minimum absolute atomic E-state index is 0.0723. The zero-order valence-corrected chi connectivity index (χ0v) is 13.2. The highest BCUT2D eigenvalue weighted by Gasteiger charge is 2.14. The van der Waals surface area contributed by atoms with Crippen molar-refractivity contribution in [1.29, 1.82) is 0 Å². The summed E-state index contributed by atoms with van der Waals surface area (Å²) in [6.45, 7) is 2.06. The Bertz CT molecular complexity index is 603. The fraction of sp³-hybridized carbons (Fsp3) is 0.471. The molecule has 0 saturated heterocycles. The Morgan fingerprint density at radius 2 is 2.10 bits per heavy atom. The van der Waals surface area contributed by atoms with Crippen LogP contribution in [-0.4, -0.2) is 5.91 Å². The molecule has 0 saturated carbocycles. The van der Waals surface area contributed by atoms with E-state index in [1.165, 1.54) is 29.7 Å². The molecule has 0 fully saturated rings. The van der Waals surface area contributed by atoms with Gasteiger partial charge in [0.15, 0.2) is 0 Å². The van der Waals surface area contributed by atoms with Gasteiger partial charge < -0.3 is 9.73 Å². The molecule has 1 aliphatic rings. The maximum Gasteiger partial charge on any atom is 0.225 e. The minimum atomic E-state index is 0.0723. The van der Waals surface area contributed by atoms with E-state index in [9.17, 15) is 4.79 Å². The first-order valence-electron chi connectivity index (χ1n) is 7.73. The normalized spacial score (nSPS) is 14.0. The van der Waals surface area contributed by atoms with E-state index in [-0.39, 0.29) is 5.91 Å². The smallest absolute Gasteiger partial charge is 0.225 e. The third-order valence-electron chi connectivity index (χ3n) is 3.92. The Balaban J connectivity index is 1.53. The summed E-state index contributed by atoms with van der Waals surface area (Å²) in [5.74, 6) is 1.95. The zero-order valence-electron chi connectivity index (χ0n) is 12.4. The number of furan rings is 1. The molecule has 21 heavy (non-hydrogen) atoms. The first-order valence-corrected chi connectivity index (χ1v) is 8.55. The molecule has 3 rings (SSSR count). The molecular weight excluding hydrogens is 282 g/mol. The maximum atomic E-state index is 12.0. The summed E-state index contributed by atoms with van der Waals surface area (Å²) < 4.78 is 5.62. The van der Waals surface area contributed by atoms with Gasteiger partial charge in [-0.1, -0.05) is 6.92 Å². The van der Waals surface area contributed by atoms with Gasteiger partial charge in [-0.05, 0) is 49.4 Å². The van der Waals surface area contributed by atoms with Crippen LogP contribution in [-0.2, 0) is 30.5 Å². The van der Waals surface area contributed by atoms with Crippen molar-refractivity contribution >= 4 is 22.2 Å². The van der Waals surface area contributed by atoms with Crippen molar-refractivity contribution in [2.45, 2.75) is 51.9 Å². The molecule has 0 aliphatic heterocycles. The number of fused-ring (bicyclic) bond motifs is 1. The summed E-state index contributed by atoms with van der Waals surface area (Å²) in [4.78, 5) is 13.5. The summed E-state index contributed by atoms with van der Waals surface area (Å²) >= 11 is 1.74. The lowest BCUT2D eigenvalue weighted by atomic mass is 10.00. The molecule has 1 amide bonds. The van der Waals surface area contributed by atoms with Crippen LogP contribution in [0.25, 0.3) is 0 Å². The number of hydrogen-bond donors (Lipinski definition) is 1. The van der Waals surface area contributed by atoms with Crippen LogP contribution in [0.5, 0.6) is 0 Å². The molecular formula is C17H21NO2S. The predicted molar refractivity (Wildman–Crippen MR) is 86.0 cm³/mol. The van der Waals surface area contributed by atoms with E-state index in [0.29, 0.717) is 12.8 Å². The van der Waals surface area contributed by atoms with Crippen LogP contribution >= 0.6 is 11.3 Å². The molecule has 2 aromatic heterocycles. The van der Waals surface area contributed by atoms with Crippen molar-refractivity contribution in [3.05, 3.63) is 40.2 Å². The third kappa shape index (κ3) is 3.56. The average molecular weight is 303 g/mol. The molecule has 2 aromatic rings. The lowest BCUT2D eigenvalue weighted by Crippen LogP contribution is -2.11. The van der Waals surface area contributed by atoms with E-state index >= 15 is 0 Å². The molecule has 2 heterocycles. The molecule has 112 valence electrons. The summed E-state index contributed by atoms with van der Waals surface area (Å²) in [6.07, 6.45) is 6.91. The second-order valence-corrected chi connectivity index (χ2v) is 6.67. The highest BCUT2D eigenvalue weighted by atomic mass is 32.1. The summed E-state index contributed by atoms with van der Waals surface area (Å²) in [5, 5.41) is 4.03. The molecule has 3 nitrogen and oxygen atoms in total. The van der Waals surface area contributed by atoms with Crippen LogP contribution in [0, 0.1) is 0 Å². The van der Waals surface area contributed by atoms with Crippen LogP contribution in [0.1, 0.15) is 48.1 Å². The number of rotatable bonds is 5. The van der Waals surface area contributed by atoms with E-state index in [4.69, 9.17) is 4.42 Å². The van der Waals surface area contributed by atoms with Crippen LogP contribution < -0.4 is 5.32 Å². The largest absolute Gasteiger partial charge is 0.466 e. The van der Waals surface area contributed by atoms with Gasteiger partial charge in [-0.25, -0.2) is 0 Å². The quantitative estimate of drug-likeness (QED) is 0.892. The van der Waals surface area contributed by atoms with Crippen LogP contribution in [0.15, 0.2) is 22.6 Å². The minimum Gasteiger partial charge on any atom is -0.466 e. The van der Waals surface area contributed by atoms with Crippen molar-refractivity contribution in [3.63, 3.8) is 0 Å². The lowest BCUT2D eigenvalue weighted by Gasteiger charge is -2.08. The number of amides is 1. The second-order valence-electron chi connectivity index (χ2n) is 5.54. The molecule has 0 unspecified atom stereocenters. The van der Waals surface area contributed by atoms with Crippen LogP contribution in [0.2, 0.25) is 0 Å². The standard InChI is InChI=1S/C17H21NO2S/c1-2-13-7-8-14(20-13)9-10-16(19)18-17-11-12-5-3-4-6-15(12)21-17/h7-8,11H,2-6,9-10H2,1H3,(H,18,19). The number of anilines is 1. The molecule has 0 bridgehead atoms. The van der Waals surface area contributed by atoms with Crippen molar-refractivity contribution in [2.75, 3.05) is 5.32 Å². The zero-order chi connectivity index (χ0) is 14.7. The molecule has 1 aliphatic carbocycles. The van der Waals surface area contributed by atoms with E-state index < -0.39 is 0 Å². The molecule has 0 spiro atoms. The molecule has 0 aromatic carbocycles. The highest BCUT2D eigenvalue weighted by Crippen LogP contribution is 2.32. The predicted octanol–water partition coefficient (Wildman–Crippen LogP) is 4.35. The van der Waals surface area contributed by atoms with E-state index in [2.05, 4.69) is 18.3 Å². The Morgan fingerprint density at radius 3 is 2.86 bits per heavy atom. The van der Waals surface area contributed by atoms with Crippen molar-refractivity contribution in [1.82, 2.24) is 0 Å². The van der Waals surface area contributed by atoms with Gasteiger partial charge >= 0.3 is 0 Å². The summed E-state index contributed by atoms with van der Waals surface area (Å²) in [6, 6.07) is 6.11. The highest BCUT2D eigenvalue weighted by molar-refractivity contribution is 7.16. The van der Waals surface area contributed by atoms with Gasteiger partial charge in [-0.15, -0.1) is 11.3 Å². The molecule has 1 N–H and O–H groups in total. The molecule has 4 heteroatoms. The summed E-state index contributed by atoms with van der Waals surface area (Å²) in [7, 11) is 0. The van der Waals surface area contributed by atoms with Crippen molar-refractivity contribution in [2.24, 2.45) is 0 Å². The molecule has 0 radical (unpaired) electrons. The van der Waals surface area contributed by atoms with E-state index in [1.54, 1.807) is 11.3 Å². The fourth-order valence-corrected chi connectivity index (χ4v) is 3.91. The SMILES string of the molecule is CCc1ccc(CCC(=O)Nc2cc3c(s2)CCCC3)o1. The van der Waals surface area contributed by atoms with Gasteiger partial charge in [-0.3, -0.25) is 4.79 Å². The monoisotopic (exact) mass is 303 g/mol. The number of thiophene rings is 1. The number of aryl methyl sites for hydroxylation is 4. The van der Waals surface area contributed by atoms with Gasteiger partial charge in [0.25, 0.3) is 0 Å². The van der Waals surface area contributed by atoms with Gasteiger partial charge in [-0.2, -0.15) is 0 Å². The van der Waals surface area contributed by atoms with Gasteiger partial charge in [0.05, 0.1) is 5.00 Å². The van der Waals surface area contributed by atoms with E-state index in [0.717, 1.165) is 29.4 Å². The fourth-order valence-electron chi connectivity index (χ4n) is 2.74.